The molecule has 0 amide bonds. The average molecular weight is 439 g/mol. The number of halogens is 2. The van der Waals surface area contributed by atoms with Crippen molar-refractivity contribution in [1.82, 2.24) is 0 Å². The predicted molar refractivity (Wildman–Crippen MR) is 117 cm³/mol. The van der Waals surface area contributed by atoms with E-state index in [4.69, 9.17) is 16.7 Å². The van der Waals surface area contributed by atoms with Crippen LogP contribution in [0.15, 0.2) is 48.6 Å². The molecule has 0 spiro atoms. The molecule has 4 nitrogen and oxygen atoms in total. The van der Waals surface area contributed by atoms with Gasteiger partial charge in [0.05, 0.1) is 18.9 Å². The van der Waals surface area contributed by atoms with Crippen LogP contribution in [0, 0.1) is 11.8 Å². The van der Waals surface area contributed by atoms with E-state index in [0.717, 1.165) is 11.1 Å². The smallest absolute Gasteiger partial charge is 0.303 e. The number of rotatable bonds is 12. The van der Waals surface area contributed by atoms with Gasteiger partial charge in [-0.05, 0) is 42.7 Å². The van der Waals surface area contributed by atoms with Crippen molar-refractivity contribution in [2.75, 3.05) is 6.67 Å². The predicted octanol–water partition coefficient (Wildman–Crippen LogP) is 4.46. The fraction of sp³-hybridized carbons (Fsp3) is 0.542. The van der Waals surface area contributed by atoms with Gasteiger partial charge in [0.25, 0.3) is 0 Å². The van der Waals surface area contributed by atoms with Crippen molar-refractivity contribution < 1.29 is 24.5 Å². The second-order valence-electron chi connectivity index (χ2n) is 7.97. The van der Waals surface area contributed by atoms with Gasteiger partial charge in [-0.1, -0.05) is 48.6 Å². The van der Waals surface area contributed by atoms with Crippen LogP contribution in [0.5, 0.6) is 0 Å². The first-order chi connectivity index (χ1) is 14.4. The molecule has 1 fully saturated rings. The van der Waals surface area contributed by atoms with Gasteiger partial charge < -0.3 is 15.3 Å². The Hall–Kier alpha value is -1.69. The van der Waals surface area contributed by atoms with Crippen LogP contribution < -0.4 is 0 Å². The van der Waals surface area contributed by atoms with E-state index in [2.05, 4.69) is 0 Å². The minimum atomic E-state index is -0.791. The van der Waals surface area contributed by atoms with Crippen molar-refractivity contribution in [2.45, 2.75) is 62.5 Å². The Morgan fingerprint density at radius 1 is 1.30 bits per heavy atom. The van der Waals surface area contributed by atoms with Crippen LogP contribution in [-0.2, 0) is 17.6 Å². The van der Waals surface area contributed by atoms with Gasteiger partial charge in [0.1, 0.15) is 0 Å². The Morgan fingerprint density at radius 3 is 2.80 bits per heavy atom. The Balaban J connectivity index is 1.89. The molecule has 1 aliphatic rings. The molecular formula is C24H32ClFO4. The number of carboxylic acid groups (broad SMARTS) is 1. The zero-order valence-corrected chi connectivity index (χ0v) is 17.9. The lowest BCUT2D eigenvalue weighted by Gasteiger charge is -2.19. The lowest BCUT2D eigenvalue weighted by atomic mass is 9.90. The summed E-state index contributed by atoms with van der Waals surface area (Å²) in [5.41, 5.74) is 1.86. The highest BCUT2D eigenvalue weighted by Gasteiger charge is 2.39. The van der Waals surface area contributed by atoms with Crippen LogP contribution in [-0.4, -0.2) is 45.5 Å². The summed E-state index contributed by atoms with van der Waals surface area (Å²) in [7, 11) is 0. The van der Waals surface area contributed by atoms with Gasteiger partial charge >= 0.3 is 5.97 Å². The average Bonchev–Trinajstić information content (AvgIpc) is 2.95. The molecule has 6 heteroatoms. The van der Waals surface area contributed by atoms with E-state index in [1.807, 2.05) is 42.5 Å². The Morgan fingerprint density at radius 2 is 2.07 bits per heavy atom. The summed E-state index contributed by atoms with van der Waals surface area (Å²) in [6.45, 7) is -0.402. The molecule has 0 unspecified atom stereocenters. The van der Waals surface area contributed by atoms with Crippen LogP contribution in [0.2, 0.25) is 0 Å². The van der Waals surface area contributed by atoms with Gasteiger partial charge in [-0.15, -0.1) is 11.6 Å². The number of carbonyl (C=O) groups is 1. The topological polar surface area (TPSA) is 77.8 Å². The second kappa shape index (κ2) is 12.9. The highest BCUT2D eigenvalue weighted by Crippen LogP contribution is 2.39. The summed E-state index contributed by atoms with van der Waals surface area (Å²) in [6.07, 6.45) is 9.79. The number of allylic oxidation sites excluding steroid dienone is 2. The van der Waals surface area contributed by atoms with Crippen molar-refractivity contribution in [1.29, 1.82) is 0 Å². The molecule has 0 aromatic heterocycles. The maximum atomic E-state index is 12.5. The normalized spacial score (nSPS) is 25.3. The van der Waals surface area contributed by atoms with Crippen LogP contribution in [0.3, 0.4) is 0 Å². The second-order valence-corrected chi connectivity index (χ2v) is 8.53. The Kier molecular flexibility index (Phi) is 10.6. The monoisotopic (exact) mass is 438 g/mol. The molecule has 1 aromatic rings. The minimum Gasteiger partial charge on any atom is -0.481 e. The number of aryl methyl sites for hydroxylation is 1. The lowest BCUT2D eigenvalue weighted by Crippen LogP contribution is -2.19. The molecule has 1 aromatic carbocycles. The van der Waals surface area contributed by atoms with Gasteiger partial charge in [-0.25, -0.2) is 0 Å². The van der Waals surface area contributed by atoms with Crippen LogP contribution >= 0.6 is 11.6 Å². The number of hydrogen-bond donors (Lipinski definition) is 3. The van der Waals surface area contributed by atoms with Crippen molar-refractivity contribution in [3.05, 3.63) is 59.7 Å². The maximum absolute atomic E-state index is 12.5. The van der Waals surface area contributed by atoms with E-state index >= 15 is 0 Å². The van der Waals surface area contributed by atoms with E-state index in [1.165, 1.54) is 0 Å². The molecule has 166 valence electrons. The standard InChI is InChI=1S/C24H32ClFO4/c25-22-16-23(28)21(20(22)8-3-1-2-4-9-24(29)30)11-10-19(27)15-18-7-5-6-17(14-18)12-13-26/h1,3,5-7,10-11,14,19-23,27-28H,2,4,8-9,12-13,15-16H2,(H,29,30)/b3-1-,11-10+/t19-,20-,21-,22-,23-/m1/s1. The SMILES string of the molecule is O=C(O)CCC/C=C\C[C@@H]1[C@@H](/C=C/[C@@H](O)Cc2cccc(CCF)c2)[C@H](O)C[C@H]1Cl. The number of carboxylic acids is 1. The summed E-state index contributed by atoms with van der Waals surface area (Å²) in [6, 6.07) is 7.57. The number of alkyl halides is 2. The van der Waals surface area contributed by atoms with Gasteiger partial charge in [-0.2, -0.15) is 0 Å². The van der Waals surface area contributed by atoms with Crippen LogP contribution in [0.1, 0.15) is 43.2 Å². The highest BCUT2D eigenvalue weighted by molar-refractivity contribution is 6.21. The highest BCUT2D eigenvalue weighted by atomic mass is 35.5. The maximum Gasteiger partial charge on any atom is 0.303 e. The van der Waals surface area contributed by atoms with Gasteiger partial charge in [0.2, 0.25) is 0 Å². The van der Waals surface area contributed by atoms with Gasteiger partial charge in [0, 0.05) is 30.6 Å². The zero-order valence-electron chi connectivity index (χ0n) is 17.2. The molecule has 2 rings (SSSR count). The van der Waals surface area contributed by atoms with Crippen molar-refractivity contribution in [3.8, 4) is 0 Å². The molecule has 0 saturated heterocycles. The number of aliphatic hydroxyl groups excluding tert-OH is 2. The molecule has 3 N–H and O–H groups in total. The number of hydrogen-bond acceptors (Lipinski definition) is 3. The quantitative estimate of drug-likeness (QED) is 0.256. The number of unbranched alkanes of at least 4 members (excludes halogenated alkanes) is 1. The fourth-order valence-electron chi connectivity index (χ4n) is 3.99. The third-order valence-corrected chi connectivity index (χ3v) is 6.08. The molecule has 0 aliphatic heterocycles. The molecule has 5 atom stereocenters. The van der Waals surface area contributed by atoms with Gasteiger partial charge in [-0.3, -0.25) is 9.18 Å². The van der Waals surface area contributed by atoms with E-state index in [0.29, 0.717) is 38.5 Å². The van der Waals surface area contributed by atoms with E-state index in [9.17, 15) is 19.4 Å². The number of benzene rings is 1. The summed E-state index contributed by atoms with van der Waals surface area (Å²) in [5.74, 6) is -0.863. The van der Waals surface area contributed by atoms with E-state index in [1.54, 1.807) is 6.08 Å². The zero-order chi connectivity index (χ0) is 21.9. The van der Waals surface area contributed by atoms with Crippen LogP contribution in [0.25, 0.3) is 0 Å². The van der Waals surface area contributed by atoms with Crippen molar-refractivity contribution >= 4 is 17.6 Å². The minimum absolute atomic E-state index is 0.0636. The Bertz CT molecular complexity index is 721. The summed E-state index contributed by atoms with van der Waals surface area (Å²) >= 11 is 6.44. The summed E-state index contributed by atoms with van der Waals surface area (Å²) in [4.78, 5) is 10.5. The summed E-state index contributed by atoms with van der Waals surface area (Å²) < 4.78 is 12.5. The first-order valence-electron chi connectivity index (χ1n) is 10.6. The van der Waals surface area contributed by atoms with Gasteiger partial charge in [0.15, 0.2) is 0 Å². The van der Waals surface area contributed by atoms with E-state index in [-0.39, 0.29) is 23.6 Å². The summed E-state index contributed by atoms with van der Waals surface area (Å²) in [5, 5.41) is 29.3. The first-order valence-corrected chi connectivity index (χ1v) is 11.0. The molecule has 0 radical (unpaired) electrons. The third kappa shape index (κ3) is 8.21. The fourth-order valence-corrected chi connectivity index (χ4v) is 4.45. The molecule has 0 bridgehead atoms. The lowest BCUT2D eigenvalue weighted by molar-refractivity contribution is -0.137. The molecule has 1 aliphatic carbocycles. The van der Waals surface area contributed by atoms with E-state index < -0.39 is 24.9 Å². The number of aliphatic carboxylic acids is 1. The molecular weight excluding hydrogens is 407 g/mol. The van der Waals surface area contributed by atoms with Crippen molar-refractivity contribution in [3.63, 3.8) is 0 Å². The molecule has 0 heterocycles. The largest absolute Gasteiger partial charge is 0.481 e. The third-order valence-electron chi connectivity index (χ3n) is 5.58. The van der Waals surface area contributed by atoms with Crippen molar-refractivity contribution in [2.24, 2.45) is 11.8 Å². The molecule has 1 saturated carbocycles. The molecule has 30 heavy (non-hydrogen) atoms. The Labute approximate surface area is 183 Å². The van der Waals surface area contributed by atoms with Crippen LogP contribution in [0.4, 0.5) is 4.39 Å². The number of aliphatic hydroxyl groups is 2. The first kappa shape index (κ1) is 24.6.